The number of nitrogens with zero attached hydrogens (tertiary/aromatic N) is 1. The number of rotatable bonds is 1. The Labute approximate surface area is 71.1 Å². The SMILES string of the molecule is CON1C(=S)CCCC1=S. The summed E-state index contributed by atoms with van der Waals surface area (Å²) in [6, 6.07) is 0. The molecule has 0 radical (unpaired) electrons. The van der Waals surface area contributed by atoms with E-state index in [-0.39, 0.29) is 0 Å². The number of hydrogen-bond donors (Lipinski definition) is 0. The Morgan fingerprint density at radius 3 is 2.10 bits per heavy atom. The fourth-order valence-corrected chi connectivity index (χ4v) is 1.65. The van der Waals surface area contributed by atoms with Crippen molar-refractivity contribution in [1.82, 2.24) is 5.06 Å². The summed E-state index contributed by atoms with van der Waals surface area (Å²) in [4.78, 5) is 6.58. The maximum absolute atomic E-state index is 5.02. The zero-order valence-corrected chi connectivity index (χ0v) is 7.43. The Kier molecular flexibility index (Phi) is 2.71. The summed E-state index contributed by atoms with van der Waals surface area (Å²) < 4.78 is 0. The molecular weight excluding hydrogens is 166 g/mol. The molecule has 1 saturated heterocycles. The molecule has 0 aromatic rings. The first kappa shape index (κ1) is 8.04. The lowest BCUT2D eigenvalue weighted by atomic mass is 10.2. The molecule has 56 valence electrons. The van der Waals surface area contributed by atoms with E-state index in [1.54, 1.807) is 12.2 Å². The highest BCUT2D eigenvalue weighted by Crippen LogP contribution is 2.14. The van der Waals surface area contributed by atoms with Crippen LogP contribution in [0.5, 0.6) is 0 Å². The maximum Gasteiger partial charge on any atom is 0.110 e. The van der Waals surface area contributed by atoms with Gasteiger partial charge < -0.3 is 0 Å². The van der Waals surface area contributed by atoms with Crippen molar-refractivity contribution in [3.63, 3.8) is 0 Å². The molecule has 0 bridgehead atoms. The van der Waals surface area contributed by atoms with Gasteiger partial charge in [0, 0.05) is 12.8 Å². The molecule has 1 aliphatic rings. The molecule has 1 aliphatic heterocycles. The number of hydrogen-bond acceptors (Lipinski definition) is 3. The Balaban J connectivity index is 2.62. The highest BCUT2D eigenvalue weighted by atomic mass is 32.1. The summed E-state index contributed by atoms with van der Waals surface area (Å²) in [5.41, 5.74) is 0. The van der Waals surface area contributed by atoms with Crippen LogP contribution in [-0.2, 0) is 4.84 Å². The smallest absolute Gasteiger partial charge is 0.110 e. The predicted molar refractivity (Wildman–Crippen MR) is 47.9 cm³/mol. The van der Waals surface area contributed by atoms with Gasteiger partial charge >= 0.3 is 0 Å². The van der Waals surface area contributed by atoms with E-state index in [1.165, 1.54) is 0 Å². The molecule has 0 aromatic heterocycles. The fourth-order valence-electron chi connectivity index (χ4n) is 0.937. The predicted octanol–water partition coefficient (Wildman–Crippen LogP) is 1.69. The lowest BCUT2D eigenvalue weighted by molar-refractivity contribution is -0.00116. The van der Waals surface area contributed by atoms with Crippen LogP contribution in [0.4, 0.5) is 0 Å². The molecule has 0 aliphatic carbocycles. The molecule has 0 N–H and O–H groups in total. The Bertz CT molecular complexity index is 153. The largest absolute Gasteiger partial charge is 0.271 e. The van der Waals surface area contributed by atoms with Gasteiger partial charge in [-0.3, -0.25) is 4.84 Å². The zero-order valence-electron chi connectivity index (χ0n) is 5.79. The first-order valence-corrected chi connectivity index (χ1v) is 3.97. The van der Waals surface area contributed by atoms with E-state index in [4.69, 9.17) is 29.3 Å². The van der Waals surface area contributed by atoms with E-state index < -0.39 is 0 Å². The molecule has 10 heavy (non-hydrogen) atoms. The van der Waals surface area contributed by atoms with Crippen molar-refractivity contribution < 1.29 is 4.84 Å². The summed E-state index contributed by atoms with van der Waals surface area (Å²) in [6.07, 6.45) is 2.91. The Hall–Kier alpha value is -0.0600. The summed E-state index contributed by atoms with van der Waals surface area (Å²) in [5, 5.41) is 1.56. The second kappa shape index (κ2) is 3.37. The Morgan fingerprint density at radius 2 is 1.80 bits per heavy atom. The van der Waals surface area contributed by atoms with Crippen LogP contribution < -0.4 is 0 Å². The standard InChI is InChI=1S/C6H9NOS2/c1-8-7-5(9)3-2-4-6(7)10/h2-4H2,1H3. The highest BCUT2D eigenvalue weighted by Gasteiger charge is 2.18. The van der Waals surface area contributed by atoms with Crippen LogP contribution in [0, 0.1) is 0 Å². The van der Waals surface area contributed by atoms with Gasteiger partial charge in [0.2, 0.25) is 0 Å². The molecule has 1 fully saturated rings. The monoisotopic (exact) mass is 175 g/mol. The molecule has 0 amide bonds. The van der Waals surface area contributed by atoms with Gasteiger partial charge in [-0.05, 0) is 6.42 Å². The minimum Gasteiger partial charge on any atom is -0.271 e. The van der Waals surface area contributed by atoms with Gasteiger partial charge in [0.25, 0.3) is 0 Å². The average molecular weight is 175 g/mol. The summed E-state index contributed by atoms with van der Waals surface area (Å²) in [5.74, 6) is 0. The first-order chi connectivity index (χ1) is 4.75. The number of hydroxylamine groups is 2. The molecule has 0 unspecified atom stereocenters. The molecule has 0 aromatic carbocycles. The van der Waals surface area contributed by atoms with Crippen LogP contribution in [0.15, 0.2) is 0 Å². The fraction of sp³-hybridized carbons (Fsp3) is 0.667. The van der Waals surface area contributed by atoms with Gasteiger partial charge in [-0.1, -0.05) is 24.4 Å². The second-order valence-corrected chi connectivity index (χ2v) is 3.06. The van der Waals surface area contributed by atoms with Gasteiger partial charge in [-0.15, -0.1) is 0 Å². The van der Waals surface area contributed by atoms with Crippen molar-refractivity contribution in [2.75, 3.05) is 7.11 Å². The molecule has 0 saturated carbocycles. The highest BCUT2D eigenvalue weighted by molar-refractivity contribution is 7.81. The van der Waals surface area contributed by atoms with Crippen LogP contribution in [0.25, 0.3) is 0 Å². The third kappa shape index (κ3) is 1.51. The van der Waals surface area contributed by atoms with Gasteiger partial charge in [0.15, 0.2) is 0 Å². The van der Waals surface area contributed by atoms with Crippen LogP contribution in [0.3, 0.4) is 0 Å². The third-order valence-electron chi connectivity index (χ3n) is 1.42. The number of piperidine rings is 1. The quantitative estimate of drug-likeness (QED) is 0.562. The molecule has 1 rings (SSSR count). The van der Waals surface area contributed by atoms with Crippen molar-refractivity contribution in [1.29, 1.82) is 0 Å². The van der Waals surface area contributed by atoms with Gasteiger partial charge in [-0.2, -0.15) is 0 Å². The second-order valence-electron chi connectivity index (χ2n) is 2.12. The van der Waals surface area contributed by atoms with E-state index in [9.17, 15) is 0 Å². The normalized spacial score (nSPS) is 19.9. The van der Waals surface area contributed by atoms with E-state index in [1.807, 2.05) is 0 Å². The average Bonchev–Trinajstić information content (AvgIpc) is 1.88. The van der Waals surface area contributed by atoms with Crippen molar-refractivity contribution >= 4 is 34.4 Å². The van der Waals surface area contributed by atoms with E-state index in [0.29, 0.717) is 0 Å². The van der Waals surface area contributed by atoms with E-state index in [0.717, 1.165) is 29.2 Å². The minimum atomic E-state index is 0.804. The van der Waals surface area contributed by atoms with Gasteiger partial charge in [-0.25, -0.2) is 5.06 Å². The maximum atomic E-state index is 5.02. The van der Waals surface area contributed by atoms with Crippen LogP contribution in [0.2, 0.25) is 0 Å². The minimum absolute atomic E-state index is 0.804. The summed E-state index contributed by atoms with van der Waals surface area (Å²) in [7, 11) is 1.59. The molecular formula is C6H9NOS2. The van der Waals surface area contributed by atoms with Gasteiger partial charge in [0.1, 0.15) is 9.98 Å². The van der Waals surface area contributed by atoms with E-state index in [2.05, 4.69) is 0 Å². The summed E-state index contributed by atoms with van der Waals surface area (Å²) in [6.45, 7) is 0. The lowest BCUT2D eigenvalue weighted by Crippen LogP contribution is -2.36. The van der Waals surface area contributed by atoms with Gasteiger partial charge in [0.05, 0.1) is 7.11 Å². The van der Waals surface area contributed by atoms with Crippen molar-refractivity contribution in [2.24, 2.45) is 0 Å². The topological polar surface area (TPSA) is 12.5 Å². The van der Waals surface area contributed by atoms with E-state index >= 15 is 0 Å². The molecule has 1 heterocycles. The first-order valence-electron chi connectivity index (χ1n) is 3.15. The molecule has 0 spiro atoms. The van der Waals surface area contributed by atoms with Crippen molar-refractivity contribution in [3.05, 3.63) is 0 Å². The van der Waals surface area contributed by atoms with Crippen LogP contribution >= 0.6 is 24.4 Å². The summed E-state index contributed by atoms with van der Waals surface area (Å²) >= 11 is 10.0. The third-order valence-corrected chi connectivity index (χ3v) is 2.16. The molecule has 2 nitrogen and oxygen atoms in total. The Morgan fingerprint density at radius 1 is 1.30 bits per heavy atom. The van der Waals surface area contributed by atoms with Crippen LogP contribution in [-0.4, -0.2) is 22.2 Å². The number of thiocarbonyl (C=S) groups is 2. The lowest BCUT2D eigenvalue weighted by Gasteiger charge is -2.26. The van der Waals surface area contributed by atoms with Crippen molar-refractivity contribution in [3.8, 4) is 0 Å². The van der Waals surface area contributed by atoms with Crippen LogP contribution in [0.1, 0.15) is 19.3 Å². The van der Waals surface area contributed by atoms with Crippen molar-refractivity contribution in [2.45, 2.75) is 19.3 Å². The zero-order chi connectivity index (χ0) is 7.56. The molecule has 4 heteroatoms. The molecule has 0 atom stereocenters.